The first-order valence-electron chi connectivity index (χ1n) is 5.14. The van der Waals surface area contributed by atoms with Crippen LogP contribution >= 0.6 is 0 Å². The van der Waals surface area contributed by atoms with E-state index in [1.807, 2.05) is 0 Å². The fourth-order valence-corrected chi connectivity index (χ4v) is 1.75. The summed E-state index contributed by atoms with van der Waals surface area (Å²) < 4.78 is 0. The number of pyridine rings is 1. The van der Waals surface area contributed by atoms with E-state index in [1.54, 1.807) is 17.0 Å². The lowest BCUT2D eigenvalue weighted by molar-refractivity contribution is -0.128. The Morgan fingerprint density at radius 1 is 1.50 bits per heavy atom. The maximum Gasteiger partial charge on any atom is 0.354 e. The molecule has 0 saturated carbocycles. The molecular formula is C11H12N2O3. The lowest BCUT2D eigenvalue weighted by Gasteiger charge is -2.14. The van der Waals surface area contributed by atoms with E-state index < -0.39 is 5.97 Å². The minimum Gasteiger partial charge on any atom is -0.477 e. The van der Waals surface area contributed by atoms with E-state index in [-0.39, 0.29) is 11.6 Å². The van der Waals surface area contributed by atoms with Gasteiger partial charge in [0.05, 0.1) is 12.2 Å². The van der Waals surface area contributed by atoms with Gasteiger partial charge in [0, 0.05) is 13.0 Å². The van der Waals surface area contributed by atoms with Gasteiger partial charge in [-0.15, -0.1) is 0 Å². The summed E-state index contributed by atoms with van der Waals surface area (Å²) in [6.45, 7) is 1.14. The number of carboxylic acid groups (broad SMARTS) is 1. The fourth-order valence-electron chi connectivity index (χ4n) is 1.75. The lowest BCUT2D eigenvalue weighted by Crippen LogP contribution is -2.24. The van der Waals surface area contributed by atoms with Gasteiger partial charge in [0.15, 0.2) is 0 Å². The van der Waals surface area contributed by atoms with Gasteiger partial charge in [-0.05, 0) is 18.6 Å². The SMILES string of the molecule is O=C(O)c1cccc(CN2CCCC2=O)n1. The van der Waals surface area contributed by atoms with E-state index in [1.165, 1.54) is 6.07 Å². The summed E-state index contributed by atoms with van der Waals surface area (Å²) in [4.78, 5) is 27.8. The molecule has 1 aliphatic heterocycles. The van der Waals surface area contributed by atoms with Gasteiger partial charge in [0.25, 0.3) is 0 Å². The Bertz CT molecular complexity index is 431. The Morgan fingerprint density at radius 2 is 2.31 bits per heavy atom. The van der Waals surface area contributed by atoms with Gasteiger partial charge in [0.2, 0.25) is 5.91 Å². The van der Waals surface area contributed by atoms with Crippen molar-refractivity contribution in [3.05, 3.63) is 29.6 Å². The molecule has 1 aromatic heterocycles. The summed E-state index contributed by atoms with van der Waals surface area (Å²) in [5, 5.41) is 8.78. The van der Waals surface area contributed by atoms with Crippen LogP contribution in [0, 0.1) is 0 Å². The summed E-state index contributed by atoms with van der Waals surface area (Å²) in [5.41, 5.74) is 0.638. The molecule has 5 heteroatoms. The van der Waals surface area contributed by atoms with Crippen molar-refractivity contribution in [2.24, 2.45) is 0 Å². The molecule has 1 aliphatic rings. The monoisotopic (exact) mass is 220 g/mol. The maximum atomic E-state index is 11.4. The Kier molecular flexibility index (Phi) is 2.85. The van der Waals surface area contributed by atoms with Crippen LogP contribution in [-0.2, 0) is 11.3 Å². The Hall–Kier alpha value is -1.91. The highest BCUT2D eigenvalue weighted by molar-refractivity contribution is 5.85. The lowest BCUT2D eigenvalue weighted by atomic mass is 10.3. The predicted octanol–water partition coefficient (Wildman–Crippen LogP) is 0.902. The number of aromatic nitrogens is 1. The van der Waals surface area contributed by atoms with Crippen LogP contribution in [0.25, 0.3) is 0 Å². The third-order valence-electron chi connectivity index (χ3n) is 2.55. The van der Waals surface area contributed by atoms with Crippen LogP contribution < -0.4 is 0 Å². The number of nitrogens with zero attached hydrogens (tertiary/aromatic N) is 2. The fraction of sp³-hybridized carbons (Fsp3) is 0.364. The molecule has 1 N–H and O–H groups in total. The molecule has 2 heterocycles. The van der Waals surface area contributed by atoms with Crippen LogP contribution in [0.5, 0.6) is 0 Å². The summed E-state index contributed by atoms with van der Waals surface area (Å²) >= 11 is 0. The highest BCUT2D eigenvalue weighted by Gasteiger charge is 2.20. The molecule has 2 rings (SSSR count). The van der Waals surface area contributed by atoms with Crippen molar-refractivity contribution < 1.29 is 14.7 Å². The Balaban J connectivity index is 2.12. The predicted molar refractivity (Wildman–Crippen MR) is 55.8 cm³/mol. The van der Waals surface area contributed by atoms with E-state index in [2.05, 4.69) is 4.98 Å². The Labute approximate surface area is 92.7 Å². The standard InChI is InChI=1S/C11H12N2O3/c14-10-5-2-6-13(10)7-8-3-1-4-9(12-8)11(15)16/h1,3-4H,2,5-7H2,(H,15,16). The van der Waals surface area contributed by atoms with Crippen LogP contribution in [0.15, 0.2) is 18.2 Å². The van der Waals surface area contributed by atoms with Crippen molar-refractivity contribution in [3.63, 3.8) is 0 Å². The minimum atomic E-state index is -1.05. The molecule has 1 aromatic rings. The number of carbonyl (C=O) groups excluding carboxylic acids is 1. The number of carbonyl (C=O) groups is 2. The molecule has 0 unspecified atom stereocenters. The second-order valence-electron chi connectivity index (χ2n) is 3.74. The molecule has 1 fully saturated rings. The molecule has 0 aliphatic carbocycles. The minimum absolute atomic E-state index is 0.0177. The van der Waals surface area contributed by atoms with Crippen LogP contribution in [0.4, 0.5) is 0 Å². The quantitative estimate of drug-likeness (QED) is 0.821. The third kappa shape index (κ3) is 2.18. The summed E-state index contributed by atoms with van der Waals surface area (Å²) in [5.74, 6) is -0.933. The average Bonchev–Trinajstić information content (AvgIpc) is 2.65. The zero-order valence-electron chi connectivity index (χ0n) is 8.72. The van der Waals surface area contributed by atoms with E-state index in [0.29, 0.717) is 18.7 Å². The molecule has 1 amide bonds. The summed E-state index contributed by atoms with van der Waals surface area (Å²) in [7, 11) is 0. The topological polar surface area (TPSA) is 70.5 Å². The first kappa shape index (κ1) is 10.6. The van der Waals surface area contributed by atoms with Gasteiger partial charge in [-0.1, -0.05) is 6.07 Å². The van der Waals surface area contributed by atoms with Gasteiger partial charge in [0.1, 0.15) is 5.69 Å². The average molecular weight is 220 g/mol. The van der Waals surface area contributed by atoms with Gasteiger partial charge in [-0.3, -0.25) is 4.79 Å². The highest BCUT2D eigenvalue weighted by Crippen LogP contribution is 2.13. The summed E-state index contributed by atoms with van der Waals surface area (Å²) in [6.07, 6.45) is 1.45. The molecular weight excluding hydrogens is 208 g/mol. The number of amides is 1. The molecule has 1 saturated heterocycles. The number of hydrogen-bond donors (Lipinski definition) is 1. The molecule has 5 nitrogen and oxygen atoms in total. The first-order chi connectivity index (χ1) is 7.66. The van der Waals surface area contributed by atoms with Crippen molar-refractivity contribution in [2.75, 3.05) is 6.54 Å². The second-order valence-corrected chi connectivity index (χ2v) is 3.74. The van der Waals surface area contributed by atoms with Gasteiger partial charge in [-0.25, -0.2) is 9.78 Å². The highest BCUT2D eigenvalue weighted by atomic mass is 16.4. The molecule has 16 heavy (non-hydrogen) atoms. The zero-order chi connectivity index (χ0) is 11.5. The molecule has 0 aromatic carbocycles. The van der Waals surface area contributed by atoms with Crippen molar-refractivity contribution in [1.82, 2.24) is 9.88 Å². The van der Waals surface area contributed by atoms with Crippen molar-refractivity contribution in [2.45, 2.75) is 19.4 Å². The van der Waals surface area contributed by atoms with Crippen LogP contribution in [0.1, 0.15) is 29.0 Å². The Morgan fingerprint density at radius 3 is 2.94 bits per heavy atom. The van der Waals surface area contributed by atoms with E-state index >= 15 is 0 Å². The van der Waals surface area contributed by atoms with E-state index in [9.17, 15) is 9.59 Å². The van der Waals surface area contributed by atoms with Gasteiger partial charge >= 0.3 is 5.97 Å². The normalized spacial score (nSPS) is 15.5. The van der Waals surface area contributed by atoms with Crippen LogP contribution in [0.2, 0.25) is 0 Å². The van der Waals surface area contributed by atoms with E-state index in [0.717, 1.165) is 13.0 Å². The van der Waals surface area contributed by atoms with Gasteiger partial charge in [-0.2, -0.15) is 0 Å². The first-order valence-corrected chi connectivity index (χ1v) is 5.14. The number of aromatic carboxylic acids is 1. The van der Waals surface area contributed by atoms with Crippen LogP contribution in [0.3, 0.4) is 0 Å². The van der Waals surface area contributed by atoms with Crippen molar-refractivity contribution >= 4 is 11.9 Å². The molecule has 0 radical (unpaired) electrons. The second kappa shape index (κ2) is 4.30. The zero-order valence-corrected chi connectivity index (χ0v) is 8.72. The van der Waals surface area contributed by atoms with Crippen molar-refractivity contribution in [1.29, 1.82) is 0 Å². The molecule has 0 spiro atoms. The van der Waals surface area contributed by atoms with Gasteiger partial charge < -0.3 is 10.0 Å². The maximum absolute atomic E-state index is 11.4. The van der Waals surface area contributed by atoms with Crippen molar-refractivity contribution in [3.8, 4) is 0 Å². The summed E-state index contributed by atoms with van der Waals surface area (Å²) in [6, 6.07) is 4.82. The molecule has 0 atom stereocenters. The molecule has 0 bridgehead atoms. The molecule has 84 valence electrons. The van der Waals surface area contributed by atoms with E-state index in [4.69, 9.17) is 5.11 Å². The van der Waals surface area contributed by atoms with Crippen LogP contribution in [-0.4, -0.2) is 33.4 Å². The third-order valence-corrected chi connectivity index (χ3v) is 2.55. The number of likely N-dealkylation sites (tertiary alicyclic amines) is 1. The number of rotatable bonds is 3. The largest absolute Gasteiger partial charge is 0.477 e. The number of carboxylic acids is 1. The smallest absolute Gasteiger partial charge is 0.354 e. The number of hydrogen-bond acceptors (Lipinski definition) is 3.